The van der Waals surface area contributed by atoms with Crippen LogP contribution in [-0.4, -0.2) is 26.9 Å². The van der Waals surface area contributed by atoms with Crippen LogP contribution in [-0.2, 0) is 9.59 Å². The number of aliphatic carboxylic acids is 1. The third kappa shape index (κ3) is 7.24. The number of unbranched alkanes of at least 4 members (excludes halogenated alkanes) is 5. The molecular weight excluding hydrogens is 348 g/mol. The molecule has 0 bridgehead atoms. The van der Waals surface area contributed by atoms with Crippen molar-refractivity contribution in [2.45, 2.75) is 51.4 Å². The second kappa shape index (κ2) is 10.7. The number of carboxylic acids is 1. The molecule has 0 aromatic heterocycles. The van der Waals surface area contributed by atoms with Gasteiger partial charge in [-0.05, 0) is 18.9 Å². The highest BCUT2D eigenvalue weighted by atomic mass is 16.6. The summed E-state index contributed by atoms with van der Waals surface area (Å²) < 4.78 is 4.92. The van der Waals surface area contributed by atoms with Gasteiger partial charge in [-0.3, -0.25) is 29.8 Å². The number of nitro groups is 2. The molecule has 0 heterocycles. The summed E-state index contributed by atoms with van der Waals surface area (Å²) in [5.74, 6) is -1.95. The average molecular weight is 368 g/mol. The summed E-state index contributed by atoms with van der Waals surface area (Å²) in [5, 5.41) is 30.4. The summed E-state index contributed by atoms with van der Waals surface area (Å²) in [7, 11) is 0. The van der Waals surface area contributed by atoms with Gasteiger partial charge in [0.15, 0.2) is 0 Å². The molecule has 0 saturated carbocycles. The van der Waals surface area contributed by atoms with Gasteiger partial charge < -0.3 is 9.84 Å². The standard InChI is InChI=1S/C16H20N2O8/c19-14(20)10-5-3-1-2-4-6-11-15(21)26-13-9-7-8-12(17(22)23)16(13)18(24)25/h7-9H,1-6,10-11H2,(H,19,20). The van der Waals surface area contributed by atoms with Gasteiger partial charge in [-0.15, -0.1) is 0 Å². The zero-order chi connectivity index (χ0) is 19.5. The number of rotatable bonds is 12. The Morgan fingerprint density at radius 2 is 1.50 bits per heavy atom. The van der Waals surface area contributed by atoms with Crippen LogP contribution in [0.1, 0.15) is 51.4 Å². The Hall–Kier alpha value is -3.04. The Morgan fingerprint density at radius 1 is 0.923 bits per heavy atom. The lowest BCUT2D eigenvalue weighted by atomic mass is 10.1. The predicted octanol–water partition coefficient (Wildman–Crippen LogP) is 3.61. The monoisotopic (exact) mass is 368 g/mol. The lowest BCUT2D eigenvalue weighted by Crippen LogP contribution is -2.09. The zero-order valence-corrected chi connectivity index (χ0v) is 14.1. The predicted molar refractivity (Wildman–Crippen MR) is 90.0 cm³/mol. The van der Waals surface area contributed by atoms with Crippen molar-refractivity contribution >= 4 is 23.3 Å². The molecule has 0 aliphatic heterocycles. The van der Waals surface area contributed by atoms with Crippen LogP contribution in [0.5, 0.6) is 5.75 Å². The SMILES string of the molecule is O=C(O)CCCCCCCCC(=O)Oc1cccc([N+](=O)[O-])c1[N+](=O)[O-]. The Bertz CT molecular complexity index is 674. The van der Waals surface area contributed by atoms with E-state index in [1.807, 2.05) is 0 Å². The number of hydrogen-bond donors (Lipinski definition) is 1. The van der Waals surface area contributed by atoms with Crippen LogP contribution in [0, 0.1) is 20.2 Å². The van der Waals surface area contributed by atoms with E-state index in [2.05, 4.69) is 0 Å². The first-order valence-electron chi connectivity index (χ1n) is 8.17. The number of para-hydroxylation sites is 1. The van der Waals surface area contributed by atoms with Crippen molar-refractivity contribution in [2.75, 3.05) is 0 Å². The summed E-state index contributed by atoms with van der Waals surface area (Å²) in [6, 6.07) is 3.33. The average Bonchev–Trinajstić information content (AvgIpc) is 2.56. The number of nitrogens with zero attached hydrogens (tertiary/aromatic N) is 2. The quantitative estimate of drug-likeness (QED) is 0.193. The molecule has 10 heteroatoms. The largest absolute Gasteiger partial charge is 0.481 e. The molecule has 0 spiro atoms. The van der Waals surface area contributed by atoms with Crippen LogP contribution in [0.25, 0.3) is 0 Å². The van der Waals surface area contributed by atoms with Crippen LogP contribution >= 0.6 is 0 Å². The molecule has 0 aliphatic carbocycles. The van der Waals surface area contributed by atoms with Crippen molar-refractivity contribution in [1.82, 2.24) is 0 Å². The molecule has 0 fully saturated rings. The molecule has 1 N–H and O–H groups in total. The van der Waals surface area contributed by atoms with Gasteiger partial charge in [0.1, 0.15) is 0 Å². The van der Waals surface area contributed by atoms with Gasteiger partial charge >= 0.3 is 23.3 Å². The molecule has 0 amide bonds. The van der Waals surface area contributed by atoms with E-state index in [9.17, 15) is 29.8 Å². The molecule has 1 aromatic rings. The maximum Gasteiger partial charge on any atom is 0.388 e. The van der Waals surface area contributed by atoms with Crippen molar-refractivity contribution in [3.8, 4) is 5.75 Å². The highest BCUT2D eigenvalue weighted by Gasteiger charge is 2.30. The fourth-order valence-corrected chi connectivity index (χ4v) is 2.35. The second-order valence-electron chi connectivity index (χ2n) is 5.63. The van der Waals surface area contributed by atoms with Crippen LogP contribution in [0.4, 0.5) is 11.4 Å². The first kappa shape index (κ1) is 21.0. The Morgan fingerprint density at radius 3 is 2.04 bits per heavy atom. The molecule has 26 heavy (non-hydrogen) atoms. The van der Waals surface area contributed by atoms with Gasteiger partial charge in [0.2, 0.25) is 5.75 Å². The normalized spacial score (nSPS) is 10.3. The van der Waals surface area contributed by atoms with Crippen molar-refractivity contribution < 1.29 is 29.3 Å². The van der Waals surface area contributed by atoms with E-state index in [1.165, 1.54) is 6.07 Å². The van der Waals surface area contributed by atoms with Crippen molar-refractivity contribution in [3.05, 3.63) is 38.4 Å². The summed E-state index contributed by atoms with van der Waals surface area (Å²) in [6.45, 7) is 0. The second-order valence-corrected chi connectivity index (χ2v) is 5.63. The summed E-state index contributed by atoms with van der Waals surface area (Å²) in [4.78, 5) is 42.2. The van der Waals surface area contributed by atoms with Gasteiger partial charge in [-0.25, -0.2) is 0 Å². The fourth-order valence-electron chi connectivity index (χ4n) is 2.35. The molecule has 0 unspecified atom stereocenters. The number of benzene rings is 1. The Kier molecular flexibility index (Phi) is 8.68. The van der Waals surface area contributed by atoms with Crippen molar-refractivity contribution in [2.24, 2.45) is 0 Å². The highest BCUT2D eigenvalue weighted by molar-refractivity contribution is 5.75. The number of nitro benzene ring substituents is 2. The van der Waals surface area contributed by atoms with E-state index >= 15 is 0 Å². The number of carboxylic acid groups (broad SMARTS) is 1. The number of ether oxygens (including phenoxy) is 1. The molecule has 0 aliphatic rings. The minimum absolute atomic E-state index is 0.0367. The lowest BCUT2D eigenvalue weighted by Gasteiger charge is -2.05. The first-order valence-corrected chi connectivity index (χ1v) is 8.17. The van der Waals surface area contributed by atoms with Gasteiger partial charge in [0, 0.05) is 18.9 Å². The van der Waals surface area contributed by atoms with Gasteiger partial charge in [-0.2, -0.15) is 0 Å². The number of carbonyl (C=O) groups excluding carboxylic acids is 1. The van der Waals surface area contributed by atoms with Crippen LogP contribution in [0.15, 0.2) is 18.2 Å². The molecule has 0 atom stereocenters. The third-order valence-electron chi connectivity index (χ3n) is 3.60. The van der Waals surface area contributed by atoms with E-state index in [1.54, 1.807) is 0 Å². The van der Waals surface area contributed by atoms with Crippen LogP contribution in [0.2, 0.25) is 0 Å². The minimum Gasteiger partial charge on any atom is -0.481 e. The number of hydrogen-bond acceptors (Lipinski definition) is 7. The van der Waals surface area contributed by atoms with Gasteiger partial charge in [-0.1, -0.05) is 31.7 Å². The van der Waals surface area contributed by atoms with E-state index in [0.29, 0.717) is 12.8 Å². The topological polar surface area (TPSA) is 150 Å². The third-order valence-corrected chi connectivity index (χ3v) is 3.60. The van der Waals surface area contributed by atoms with Crippen molar-refractivity contribution in [1.29, 1.82) is 0 Å². The Labute approximate surface area is 149 Å². The molecule has 142 valence electrons. The van der Waals surface area contributed by atoms with E-state index in [0.717, 1.165) is 37.8 Å². The molecule has 1 aromatic carbocycles. The maximum absolute atomic E-state index is 11.8. The molecule has 1 rings (SSSR count). The fraction of sp³-hybridized carbons (Fsp3) is 0.500. The van der Waals surface area contributed by atoms with E-state index < -0.39 is 38.9 Å². The first-order chi connectivity index (χ1) is 12.3. The van der Waals surface area contributed by atoms with Gasteiger partial charge in [0.05, 0.1) is 9.85 Å². The zero-order valence-electron chi connectivity index (χ0n) is 14.1. The number of esters is 1. The highest BCUT2D eigenvalue weighted by Crippen LogP contribution is 2.36. The molecular formula is C16H20N2O8. The summed E-state index contributed by atoms with van der Waals surface area (Å²) in [5.41, 5.74) is -1.58. The lowest BCUT2D eigenvalue weighted by molar-refractivity contribution is -0.423. The Balaban J connectivity index is 2.42. The smallest absolute Gasteiger partial charge is 0.388 e. The maximum atomic E-state index is 11.8. The van der Waals surface area contributed by atoms with Crippen LogP contribution < -0.4 is 4.74 Å². The van der Waals surface area contributed by atoms with E-state index in [4.69, 9.17) is 9.84 Å². The minimum atomic E-state index is -0.947. The van der Waals surface area contributed by atoms with E-state index in [-0.39, 0.29) is 12.8 Å². The molecule has 10 nitrogen and oxygen atoms in total. The summed E-state index contributed by atoms with van der Waals surface area (Å²) >= 11 is 0. The van der Waals surface area contributed by atoms with Gasteiger partial charge in [0.25, 0.3) is 0 Å². The summed E-state index contributed by atoms with van der Waals surface area (Å²) in [6.07, 6.45) is 4.55. The molecule has 0 radical (unpaired) electrons. The number of carbonyl (C=O) groups is 2. The van der Waals surface area contributed by atoms with Crippen molar-refractivity contribution in [3.63, 3.8) is 0 Å². The van der Waals surface area contributed by atoms with Crippen LogP contribution in [0.3, 0.4) is 0 Å². The molecule has 0 saturated heterocycles.